The van der Waals surface area contributed by atoms with E-state index in [-0.39, 0.29) is 35.4 Å². The fraction of sp³-hybridized carbons (Fsp3) is 0.0263. The Morgan fingerprint density at radius 3 is 0.871 bits per heavy atom. The van der Waals surface area contributed by atoms with Gasteiger partial charge < -0.3 is 14.2 Å². The minimum Gasteiger partial charge on any atom is -0.497 e. The van der Waals surface area contributed by atoms with Gasteiger partial charge in [0.05, 0.1) is 77.3 Å². The molecular weight excluding hydrogens is 1820 g/mol. The molecule has 0 fully saturated rings. The van der Waals surface area contributed by atoms with Gasteiger partial charge in [-0.05, 0) is 228 Å². The van der Waals surface area contributed by atoms with Crippen molar-refractivity contribution in [1.82, 2.24) is 68.5 Å². The van der Waals surface area contributed by atoms with Gasteiger partial charge >= 0.3 is 0 Å². The van der Waals surface area contributed by atoms with Crippen molar-refractivity contribution in [3.8, 4) is 22.9 Å². The number of benzene rings is 12. The van der Waals surface area contributed by atoms with Gasteiger partial charge in [-0.25, -0.2) is 32.8 Å². The maximum absolute atomic E-state index is 12.7. The number of carbonyl (C=O) groups excluding carboxylic acids is 6. The number of halogens is 3. The summed E-state index contributed by atoms with van der Waals surface area (Å²) in [6.45, 7) is 0. The molecule has 7 aromatic heterocycles. The number of ether oxygens (including phenoxy) is 3. The topological polar surface area (TPSA) is 255 Å². The lowest BCUT2D eigenvalue weighted by molar-refractivity contribution is 0.0934. The molecule has 0 saturated heterocycles. The first-order valence-electron chi connectivity index (χ1n) is 43.7. The lowest BCUT2D eigenvalue weighted by Crippen LogP contribution is -2.14. The fourth-order valence-electron chi connectivity index (χ4n) is 13.2. The molecule has 23 nitrogen and oxygen atoms in total. The Bertz CT molecular complexity index is 7500. The predicted octanol–water partition coefficient (Wildman–Crippen LogP) is 24.6. The second-order valence-corrected chi connectivity index (χ2v) is 31.5. The number of methoxy groups -OCH3 is 3. The molecule has 0 amide bonds. The molecule has 0 unspecified atom stereocenters. The van der Waals surface area contributed by atoms with Crippen LogP contribution < -0.4 is 14.2 Å². The molecule has 0 aliphatic carbocycles. The van der Waals surface area contributed by atoms with Gasteiger partial charge in [-0.15, -0.1) is 0 Å². The van der Waals surface area contributed by atoms with Crippen LogP contribution in [0.3, 0.4) is 0 Å². The van der Waals surface area contributed by atoms with Gasteiger partial charge in [0, 0.05) is 87.9 Å². The van der Waals surface area contributed by atoms with Crippen molar-refractivity contribution in [3.63, 3.8) is 0 Å². The van der Waals surface area contributed by atoms with Crippen molar-refractivity contribution < 1.29 is 43.0 Å². The van der Waals surface area contributed by atoms with Crippen molar-refractivity contribution in [1.29, 1.82) is 0 Å². The second-order valence-electron chi connectivity index (χ2n) is 30.2. The van der Waals surface area contributed by atoms with E-state index in [4.69, 9.17) is 49.0 Å². The molecule has 0 spiro atoms. The van der Waals surface area contributed by atoms with Crippen LogP contribution >= 0.6 is 34.8 Å². The smallest absolute Gasteiger partial charge is 0.281 e. The summed E-state index contributed by atoms with van der Waals surface area (Å²) in [5.41, 5.74) is 14.8. The van der Waals surface area contributed by atoms with Crippen molar-refractivity contribution in [2.45, 2.75) is 0 Å². The number of carbonyl (C=O) groups is 6. The Hall–Kier alpha value is -18.2. The van der Waals surface area contributed by atoms with Crippen LogP contribution in [0.4, 0.5) is 0 Å². The van der Waals surface area contributed by atoms with Crippen molar-refractivity contribution in [2.75, 3.05) is 21.3 Å². The zero-order chi connectivity index (χ0) is 97.6. The molecule has 0 atom stereocenters. The van der Waals surface area contributed by atoms with Crippen molar-refractivity contribution in [2.24, 2.45) is 0 Å². The molecule has 0 saturated carbocycles. The summed E-state index contributed by atoms with van der Waals surface area (Å²) in [6.07, 6.45) is 36.5. The Kier molecular flexibility index (Phi) is 35.1. The standard InChI is InChI=1S/C21H16N4O.C20H18N2O3.C19H16N2O2.3C18H13ClN2O/c26-21(18-8-11-20(12-9-18)24-15-4-14-22-24)25-16-13-19(23-25)10-7-17-5-2-1-3-6-17;1-24-17-10-11-18(19(14-17)25-2)20(23)22-13-12-16(21-22)9-8-15-6-4-3-5-7-15;1-23-18-11-8-16(9-12-18)19(22)21-14-13-17(20-21)10-7-15-5-3-2-4-6-15;19-17-9-5-4-8-16(17)18(22)21-13-12-15(20-21)11-10-14-6-2-1-3-7-14;19-16-8-4-7-15(13-16)18(22)21-12-11-17(20-21)10-9-14-5-2-1-3-6-14;19-16-9-7-15(8-10-16)18(22)21-13-12-17(20-21)11-6-14-4-2-1-3-5-14/h1-16H;3-14H,1-2H3;2-14H,1H3;3*1-13H/b10-7+;9-8+;10-7+;11-10+;10-9+;11-6+. The molecule has 0 aliphatic heterocycles. The van der Waals surface area contributed by atoms with E-state index in [0.717, 1.165) is 61.8 Å². The van der Waals surface area contributed by atoms with Crippen LogP contribution in [0.25, 0.3) is 78.6 Å². The average Bonchev–Trinajstić information content (AvgIpc) is 1.49. The van der Waals surface area contributed by atoms with E-state index >= 15 is 0 Å². The highest BCUT2D eigenvalue weighted by molar-refractivity contribution is 6.34. The van der Waals surface area contributed by atoms with Gasteiger partial charge in [0.25, 0.3) is 35.4 Å². The highest BCUT2D eigenvalue weighted by atomic mass is 35.5. The zero-order valence-corrected chi connectivity index (χ0v) is 78.0. The molecule has 19 aromatic rings. The third kappa shape index (κ3) is 28.7. The van der Waals surface area contributed by atoms with Gasteiger partial charge in [0.1, 0.15) is 17.2 Å². The van der Waals surface area contributed by atoms with Crippen LogP contribution in [0.5, 0.6) is 17.2 Å². The van der Waals surface area contributed by atoms with Crippen LogP contribution in [0.1, 0.15) is 130 Å². The average molecular weight is 1910 g/mol. The fourth-order valence-corrected chi connectivity index (χ4v) is 13.8. The predicted molar refractivity (Wildman–Crippen MR) is 554 cm³/mol. The first-order chi connectivity index (χ1) is 68.4. The highest BCUT2D eigenvalue weighted by Gasteiger charge is 2.19. The van der Waals surface area contributed by atoms with Gasteiger partial charge in [0.2, 0.25) is 0 Å². The maximum atomic E-state index is 12.7. The molecule has 12 aromatic carbocycles. The normalized spacial score (nSPS) is 10.9. The van der Waals surface area contributed by atoms with E-state index in [1.54, 1.807) is 220 Å². The van der Waals surface area contributed by atoms with E-state index in [2.05, 4.69) is 35.7 Å². The van der Waals surface area contributed by atoms with Crippen LogP contribution in [-0.4, -0.2) is 125 Å². The first-order valence-corrected chi connectivity index (χ1v) is 44.8. The van der Waals surface area contributed by atoms with Gasteiger partial charge in [-0.1, -0.05) is 271 Å². The second kappa shape index (κ2) is 50.2. The molecule has 0 N–H and O–H groups in total. The molecule has 0 aliphatic rings. The molecule has 140 heavy (non-hydrogen) atoms. The lowest BCUT2D eigenvalue weighted by atomic mass is 10.2. The number of nitrogens with zero attached hydrogens (tertiary/aromatic N) is 14. The molecule has 690 valence electrons. The van der Waals surface area contributed by atoms with Gasteiger partial charge in [0.15, 0.2) is 0 Å². The molecule has 19 rings (SSSR count). The quantitative estimate of drug-likeness (QED) is 0.0611. The number of rotatable bonds is 22. The summed E-state index contributed by atoms with van der Waals surface area (Å²) in [5, 5.41) is 31.5. The van der Waals surface area contributed by atoms with E-state index in [1.165, 1.54) is 35.2 Å². The summed E-state index contributed by atoms with van der Waals surface area (Å²) in [4.78, 5) is 74.6. The van der Waals surface area contributed by atoms with Gasteiger partial charge in [-0.2, -0.15) is 35.7 Å². The Morgan fingerprint density at radius 2 is 0.550 bits per heavy atom. The number of hydrogen-bond acceptors (Lipinski definition) is 16. The number of hydrogen-bond donors (Lipinski definition) is 0. The summed E-state index contributed by atoms with van der Waals surface area (Å²) < 4.78 is 25.2. The molecule has 0 bridgehead atoms. The van der Waals surface area contributed by atoms with E-state index in [9.17, 15) is 28.8 Å². The van der Waals surface area contributed by atoms with Crippen LogP contribution in [0, 0.1) is 0 Å². The van der Waals surface area contributed by atoms with Crippen molar-refractivity contribution in [3.05, 3.63) is 530 Å². The Balaban J connectivity index is 0.000000134. The third-order valence-electron chi connectivity index (χ3n) is 20.5. The monoisotopic (exact) mass is 1900 g/mol. The van der Waals surface area contributed by atoms with Gasteiger partial charge in [-0.3, -0.25) is 28.8 Å². The maximum Gasteiger partial charge on any atom is 0.281 e. The van der Waals surface area contributed by atoms with Crippen LogP contribution in [0.15, 0.2) is 414 Å². The van der Waals surface area contributed by atoms with Crippen LogP contribution in [-0.2, 0) is 0 Å². The molecule has 7 heterocycles. The lowest BCUT2D eigenvalue weighted by Gasteiger charge is -2.09. The first kappa shape index (κ1) is 97.9. The molecule has 0 radical (unpaired) electrons. The Morgan fingerprint density at radius 1 is 0.243 bits per heavy atom. The van der Waals surface area contributed by atoms with Crippen LogP contribution in [0.2, 0.25) is 15.1 Å². The zero-order valence-electron chi connectivity index (χ0n) is 75.8. The van der Waals surface area contributed by atoms with E-state index in [0.29, 0.717) is 77.1 Å². The molecular formula is C114H89Cl3N14O9. The van der Waals surface area contributed by atoms with E-state index < -0.39 is 0 Å². The summed E-state index contributed by atoms with van der Waals surface area (Å²) in [6, 6.07) is 112. The summed E-state index contributed by atoms with van der Waals surface area (Å²) in [5.74, 6) is 0.542. The summed E-state index contributed by atoms with van der Waals surface area (Å²) >= 11 is 17.8. The minimum atomic E-state index is -0.265. The number of aromatic nitrogens is 14. The Labute approximate surface area is 822 Å². The largest absolute Gasteiger partial charge is 0.497 e. The summed E-state index contributed by atoms with van der Waals surface area (Å²) in [7, 11) is 4.67. The van der Waals surface area contributed by atoms with Crippen molar-refractivity contribution >= 4 is 143 Å². The third-order valence-corrected chi connectivity index (χ3v) is 21.3. The highest BCUT2D eigenvalue weighted by Crippen LogP contribution is 2.27. The molecule has 26 heteroatoms. The van der Waals surface area contributed by atoms with E-state index in [1.807, 2.05) is 285 Å². The SMILES string of the molecule is COc1ccc(C(=O)n2ccc(/C=C/c3ccccc3)n2)c(OC)c1.COc1ccc(C(=O)n2ccc(/C=C/c3ccccc3)n2)cc1.O=C(c1ccc(-n2cccn2)cc1)n1ccc(/C=C/c2ccccc2)n1.O=C(c1ccc(Cl)cc1)n1ccc(/C=C/c2ccccc2)n1.O=C(c1cccc(Cl)c1)n1ccc(/C=C/c2ccccc2)n1.O=C(c1ccccc1Cl)n1ccc(/C=C/c2ccccc2)n1. The minimum absolute atomic E-state index is 0.170.